The molecule has 1 amide bonds. The van der Waals surface area contributed by atoms with E-state index in [0.29, 0.717) is 0 Å². The van der Waals surface area contributed by atoms with Crippen molar-refractivity contribution in [3.63, 3.8) is 0 Å². The van der Waals surface area contributed by atoms with Crippen molar-refractivity contribution in [2.75, 3.05) is 6.54 Å². The summed E-state index contributed by atoms with van der Waals surface area (Å²) >= 11 is 0. The summed E-state index contributed by atoms with van der Waals surface area (Å²) in [5, 5.41) is 31.3. The van der Waals surface area contributed by atoms with Crippen LogP contribution in [0.25, 0.3) is 10.4 Å². The summed E-state index contributed by atoms with van der Waals surface area (Å²) < 4.78 is 0. The second-order valence-electron chi connectivity index (χ2n) is 3.34. The number of hydrogen-bond donors (Lipinski definition) is 4. The molecule has 10 heteroatoms. The molecule has 4 N–H and O–H groups in total. The zero-order valence-corrected chi connectivity index (χ0v) is 9.50. The van der Waals surface area contributed by atoms with Gasteiger partial charge in [0.2, 0.25) is 5.91 Å². The number of amides is 1. The molecular weight excluding hydrogens is 248 g/mol. The monoisotopic (exact) mass is 262 g/mol. The van der Waals surface area contributed by atoms with Gasteiger partial charge in [-0.05, 0) is 5.53 Å². The Morgan fingerprint density at radius 2 is 2.11 bits per heavy atom. The normalized spacial score (nSPS) is 16.9. The average Bonchev–Trinajstić information content (AvgIpc) is 2.34. The van der Waals surface area contributed by atoms with Crippen molar-refractivity contribution in [2.45, 2.75) is 31.3 Å². The van der Waals surface area contributed by atoms with Gasteiger partial charge in [0.05, 0.1) is 12.6 Å². The van der Waals surface area contributed by atoms with Crippen LogP contribution in [0.15, 0.2) is 5.11 Å². The van der Waals surface area contributed by atoms with Gasteiger partial charge in [-0.25, -0.2) is 5.48 Å². The molecule has 0 spiro atoms. The van der Waals surface area contributed by atoms with Crippen LogP contribution in [0.2, 0.25) is 0 Å². The van der Waals surface area contributed by atoms with E-state index in [0.717, 1.165) is 6.92 Å². The van der Waals surface area contributed by atoms with Crippen molar-refractivity contribution < 1.29 is 29.7 Å². The molecule has 0 aromatic rings. The van der Waals surface area contributed by atoms with Gasteiger partial charge in [-0.3, -0.25) is 9.63 Å². The average molecular weight is 262 g/mol. The van der Waals surface area contributed by atoms with Crippen molar-refractivity contribution in [3.8, 4) is 0 Å². The zero-order chi connectivity index (χ0) is 14.1. The molecule has 0 saturated heterocycles. The third-order valence-corrected chi connectivity index (χ3v) is 1.89. The Balaban J connectivity index is 4.46. The molecule has 0 fully saturated rings. The number of azide groups is 1. The fraction of sp³-hybridized carbons (Fsp3) is 0.750. The summed E-state index contributed by atoms with van der Waals surface area (Å²) in [5.41, 5.74) is 9.82. The van der Waals surface area contributed by atoms with Crippen molar-refractivity contribution in [1.82, 2.24) is 5.48 Å². The zero-order valence-electron chi connectivity index (χ0n) is 9.50. The third-order valence-electron chi connectivity index (χ3n) is 1.89. The van der Waals surface area contributed by atoms with Crippen molar-refractivity contribution >= 4 is 12.2 Å². The van der Waals surface area contributed by atoms with E-state index in [1.807, 2.05) is 5.48 Å². The summed E-state index contributed by atoms with van der Waals surface area (Å²) in [6.07, 6.45) is -6.56. The van der Waals surface area contributed by atoms with E-state index in [4.69, 9.17) is 5.53 Å². The number of aliphatic hydroxyl groups is 3. The van der Waals surface area contributed by atoms with Crippen LogP contribution in [0.5, 0.6) is 0 Å². The highest BCUT2D eigenvalue weighted by molar-refractivity contribution is 5.71. The van der Waals surface area contributed by atoms with E-state index in [-0.39, 0.29) is 6.29 Å². The molecule has 102 valence electrons. The fourth-order valence-corrected chi connectivity index (χ4v) is 0.979. The van der Waals surface area contributed by atoms with Crippen molar-refractivity contribution in [3.05, 3.63) is 10.4 Å². The minimum Gasteiger partial charge on any atom is -0.390 e. The van der Waals surface area contributed by atoms with Crippen molar-refractivity contribution in [1.29, 1.82) is 0 Å². The first kappa shape index (κ1) is 16.3. The molecule has 0 aliphatic rings. The van der Waals surface area contributed by atoms with Crippen LogP contribution < -0.4 is 5.48 Å². The molecule has 0 aliphatic heterocycles. The lowest BCUT2D eigenvalue weighted by molar-refractivity contribution is -0.162. The molecule has 0 heterocycles. The Hall–Kier alpha value is -1.71. The molecule has 18 heavy (non-hydrogen) atoms. The van der Waals surface area contributed by atoms with Gasteiger partial charge in [-0.15, -0.1) is 0 Å². The van der Waals surface area contributed by atoms with Crippen LogP contribution in [0.4, 0.5) is 0 Å². The molecule has 0 aliphatic carbocycles. The largest absolute Gasteiger partial charge is 0.390 e. The van der Waals surface area contributed by atoms with Gasteiger partial charge in [0.1, 0.15) is 12.2 Å². The van der Waals surface area contributed by atoms with E-state index >= 15 is 0 Å². The van der Waals surface area contributed by atoms with Gasteiger partial charge < -0.3 is 20.1 Å². The predicted octanol–water partition coefficient (Wildman–Crippen LogP) is -1.99. The summed E-state index contributed by atoms with van der Waals surface area (Å²) in [4.78, 5) is 28.0. The number of aldehydes is 1. The highest BCUT2D eigenvalue weighted by atomic mass is 16.7. The van der Waals surface area contributed by atoms with E-state index in [1.54, 1.807) is 0 Å². The summed E-state index contributed by atoms with van der Waals surface area (Å²) in [5.74, 6) is -0.613. The first-order valence-corrected chi connectivity index (χ1v) is 4.86. The third kappa shape index (κ3) is 5.57. The number of aliphatic hydroxyl groups excluding tert-OH is 3. The Morgan fingerprint density at radius 1 is 1.50 bits per heavy atom. The first-order valence-electron chi connectivity index (χ1n) is 4.86. The Bertz CT molecular complexity index is 332. The van der Waals surface area contributed by atoms with E-state index < -0.39 is 36.9 Å². The second kappa shape index (κ2) is 8.39. The number of nitrogens with zero attached hydrogens (tertiary/aromatic N) is 3. The lowest BCUT2D eigenvalue weighted by Crippen LogP contribution is -2.49. The smallest absolute Gasteiger partial charge is 0.240 e. The molecule has 0 rings (SSSR count). The van der Waals surface area contributed by atoms with Crippen LogP contribution in [0.1, 0.15) is 6.92 Å². The van der Waals surface area contributed by atoms with Crippen LogP contribution in [0, 0.1) is 0 Å². The Morgan fingerprint density at radius 3 is 2.56 bits per heavy atom. The lowest BCUT2D eigenvalue weighted by atomic mass is 10.0. The van der Waals surface area contributed by atoms with Gasteiger partial charge in [-0.1, -0.05) is 5.11 Å². The lowest BCUT2D eigenvalue weighted by Gasteiger charge is -2.25. The van der Waals surface area contributed by atoms with Gasteiger partial charge in [0.15, 0.2) is 12.4 Å². The molecule has 10 nitrogen and oxygen atoms in total. The molecular formula is C8H14N4O6. The molecule has 0 aromatic carbocycles. The van der Waals surface area contributed by atoms with Crippen LogP contribution in [-0.2, 0) is 14.4 Å². The molecule has 0 aromatic heterocycles. The SMILES string of the molecule is CC(=O)NO[C@@H](C=O)[C@@H](O)[C@@H](O)[C@H](O)CN=[N+]=[N-]. The van der Waals surface area contributed by atoms with Crippen LogP contribution >= 0.6 is 0 Å². The highest BCUT2D eigenvalue weighted by Crippen LogP contribution is 2.06. The van der Waals surface area contributed by atoms with Gasteiger partial charge in [0, 0.05) is 11.8 Å². The van der Waals surface area contributed by atoms with Crippen LogP contribution in [-0.4, -0.2) is 58.5 Å². The van der Waals surface area contributed by atoms with E-state index in [1.165, 1.54) is 0 Å². The Labute approximate surface area is 102 Å². The maximum absolute atomic E-state index is 10.6. The fourth-order valence-electron chi connectivity index (χ4n) is 0.979. The summed E-state index contributed by atoms with van der Waals surface area (Å²) in [6, 6.07) is 0. The molecule has 0 unspecified atom stereocenters. The first-order chi connectivity index (χ1) is 8.43. The summed E-state index contributed by atoms with van der Waals surface area (Å²) in [7, 11) is 0. The van der Waals surface area contributed by atoms with Gasteiger partial charge in [0.25, 0.3) is 0 Å². The van der Waals surface area contributed by atoms with Gasteiger partial charge >= 0.3 is 0 Å². The van der Waals surface area contributed by atoms with Crippen LogP contribution in [0.3, 0.4) is 0 Å². The molecule has 0 saturated carbocycles. The predicted molar refractivity (Wildman–Crippen MR) is 56.8 cm³/mol. The maximum atomic E-state index is 10.6. The maximum Gasteiger partial charge on any atom is 0.240 e. The van der Waals surface area contributed by atoms with E-state index in [9.17, 15) is 24.9 Å². The van der Waals surface area contributed by atoms with Gasteiger partial charge in [-0.2, -0.15) is 0 Å². The van der Waals surface area contributed by atoms with Crippen molar-refractivity contribution in [2.24, 2.45) is 5.11 Å². The minimum atomic E-state index is -1.79. The minimum absolute atomic E-state index is 0.143. The second-order valence-corrected chi connectivity index (χ2v) is 3.34. The number of hydrogen-bond acceptors (Lipinski definition) is 7. The number of carbonyl (C=O) groups excluding carboxylic acids is 2. The standard InChI is InChI=1S/C8H14N4O6/c1-4(14)11-18-6(3-13)8(17)7(16)5(15)2-10-12-9/h3,5-8,15-17H,2H2,1H3,(H,11,14)/t5-,6+,7+,8-/m1/s1. The topological polar surface area (TPSA) is 165 Å². The number of carbonyl (C=O) groups is 2. The quantitative estimate of drug-likeness (QED) is 0.130. The Kier molecular flexibility index (Phi) is 7.59. The molecule has 4 atom stereocenters. The van der Waals surface area contributed by atoms with E-state index in [2.05, 4.69) is 14.9 Å². The molecule has 0 radical (unpaired) electrons. The molecule has 0 bridgehead atoms. The highest BCUT2D eigenvalue weighted by Gasteiger charge is 2.32. The summed E-state index contributed by atoms with van der Waals surface area (Å²) in [6.45, 7) is 0.627. The number of nitrogens with one attached hydrogen (secondary N) is 1. The number of hydroxylamine groups is 1. The number of rotatable bonds is 8.